The van der Waals surface area contributed by atoms with E-state index in [9.17, 15) is 0 Å². The van der Waals surface area contributed by atoms with Gasteiger partial charge in [0, 0.05) is 60.9 Å². The molecule has 1 aliphatic rings. The van der Waals surface area contributed by atoms with E-state index in [1.807, 2.05) is 24.7 Å². The number of anilines is 2. The molecule has 0 spiro atoms. The molecular weight excluding hydrogens is 292 g/mol. The zero-order valence-corrected chi connectivity index (χ0v) is 13.0. The Hall–Kier alpha value is -1.33. The fraction of sp³-hybridized carbons (Fsp3) is 0.429. The molecule has 4 nitrogen and oxygen atoms in total. The molecule has 0 aliphatic carbocycles. The molecule has 0 saturated carbocycles. The summed E-state index contributed by atoms with van der Waals surface area (Å²) in [5.74, 6) is 0.509. The summed E-state index contributed by atoms with van der Waals surface area (Å²) >= 11 is 7.73. The third-order valence-electron chi connectivity index (χ3n) is 3.55. The first-order valence-electron chi connectivity index (χ1n) is 6.69. The standard InChI is InChI=1S/C14H17ClN4S/c1-11-8-13(12(9-15)10-17-11)18-3-5-19(6-4-18)14-16-2-7-20-14/h2,7-8,10H,3-6,9H2,1H3. The molecule has 2 aromatic heterocycles. The molecule has 0 N–H and O–H groups in total. The summed E-state index contributed by atoms with van der Waals surface area (Å²) in [6, 6.07) is 2.14. The molecule has 3 rings (SSSR count). The van der Waals surface area contributed by atoms with Crippen LogP contribution in [0.3, 0.4) is 0 Å². The molecule has 1 fully saturated rings. The second-order valence-corrected chi connectivity index (χ2v) is 6.02. The van der Waals surface area contributed by atoms with Crippen LogP contribution in [-0.2, 0) is 5.88 Å². The summed E-state index contributed by atoms with van der Waals surface area (Å²) in [5, 5.41) is 3.15. The van der Waals surface area contributed by atoms with Crippen LogP contribution < -0.4 is 9.80 Å². The Morgan fingerprint density at radius 2 is 1.95 bits per heavy atom. The molecule has 2 aromatic rings. The van der Waals surface area contributed by atoms with Crippen molar-refractivity contribution in [2.24, 2.45) is 0 Å². The predicted octanol–water partition coefficient (Wildman–Crippen LogP) is 2.91. The van der Waals surface area contributed by atoms with Gasteiger partial charge in [-0.2, -0.15) is 0 Å². The highest BCUT2D eigenvalue weighted by molar-refractivity contribution is 7.13. The van der Waals surface area contributed by atoms with E-state index in [0.29, 0.717) is 5.88 Å². The summed E-state index contributed by atoms with van der Waals surface area (Å²) in [5.41, 5.74) is 3.38. The van der Waals surface area contributed by atoms with Crippen molar-refractivity contribution >= 4 is 33.8 Å². The Bertz CT molecular complexity index is 565. The van der Waals surface area contributed by atoms with Crippen molar-refractivity contribution in [2.75, 3.05) is 36.0 Å². The highest BCUT2D eigenvalue weighted by Crippen LogP contribution is 2.26. The third-order valence-corrected chi connectivity index (χ3v) is 4.67. The van der Waals surface area contributed by atoms with Crippen molar-refractivity contribution in [3.8, 4) is 0 Å². The molecule has 3 heterocycles. The smallest absolute Gasteiger partial charge is 0.185 e. The number of hydrogen-bond acceptors (Lipinski definition) is 5. The number of rotatable bonds is 3. The quantitative estimate of drug-likeness (QED) is 0.816. The number of nitrogens with zero attached hydrogens (tertiary/aromatic N) is 4. The van der Waals surface area contributed by atoms with Crippen LogP contribution in [0.25, 0.3) is 0 Å². The van der Waals surface area contributed by atoms with Crippen molar-refractivity contribution in [1.82, 2.24) is 9.97 Å². The SMILES string of the molecule is Cc1cc(N2CCN(c3nccs3)CC2)c(CCl)cn1. The van der Waals surface area contributed by atoms with Crippen LogP contribution in [0.15, 0.2) is 23.8 Å². The lowest BCUT2D eigenvalue weighted by molar-refractivity contribution is 0.650. The summed E-state index contributed by atoms with van der Waals surface area (Å²) in [6.07, 6.45) is 3.76. The van der Waals surface area contributed by atoms with Crippen molar-refractivity contribution in [3.63, 3.8) is 0 Å². The molecular formula is C14H17ClN4S. The van der Waals surface area contributed by atoms with Gasteiger partial charge in [-0.3, -0.25) is 4.98 Å². The molecule has 6 heteroatoms. The van der Waals surface area contributed by atoms with E-state index in [2.05, 4.69) is 25.8 Å². The van der Waals surface area contributed by atoms with Gasteiger partial charge in [-0.1, -0.05) is 0 Å². The van der Waals surface area contributed by atoms with Crippen LogP contribution in [0, 0.1) is 6.92 Å². The van der Waals surface area contributed by atoms with Crippen molar-refractivity contribution in [3.05, 3.63) is 35.1 Å². The minimum Gasteiger partial charge on any atom is -0.368 e. The maximum absolute atomic E-state index is 6.03. The summed E-state index contributed by atoms with van der Waals surface area (Å²) in [7, 11) is 0. The fourth-order valence-electron chi connectivity index (χ4n) is 2.48. The van der Waals surface area contributed by atoms with Crippen molar-refractivity contribution in [2.45, 2.75) is 12.8 Å². The predicted molar refractivity (Wildman–Crippen MR) is 85.1 cm³/mol. The van der Waals surface area contributed by atoms with Gasteiger partial charge < -0.3 is 9.80 Å². The molecule has 0 aromatic carbocycles. The minimum absolute atomic E-state index is 0.509. The van der Waals surface area contributed by atoms with Crippen LogP contribution in [0.5, 0.6) is 0 Å². The number of hydrogen-bond donors (Lipinski definition) is 0. The number of alkyl halides is 1. The summed E-state index contributed by atoms with van der Waals surface area (Å²) < 4.78 is 0. The topological polar surface area (TPSA) is 32.3 Å². The number of pyridine rings is 1. The van der Waals surface area contributed by atoms with Crippen LogP contribution in [-0.4, -0.2) is 36.1 Å². The number of aromatic nitrogens is 2. The second-order valence-electron chi connectivity index (χ2n) is 4.88. The van der Waals surface area contributed by atoms with E-state index in [0.717, 1.165) is 42.6 Å². The molecule has 0 bridgehead atoms. The first kappa shape index (κ1) is 13.6. The van der Waals surface area contributed by atoms with E-state index in [1.54, 1.807) is 11.3 Å². The highest BCUT2D eigenvalue weighted by atomic mass is 35.5. The van der Waals surface area contributed by atoms with Gasteiger partial charge in [-0.15, -0.1) is 22.9 Å². The highest BCUT2D eigenvalue weighted by Gasteiger charge is 2.20. The maximum Gasteiger partial charge on any atom is 0.185 e. The van der Waals surface area contributed by atoms with Gasteiger partial charge in [0.05, 0.1) is 5.88 Å². The minimum atomic E-state index is 0.509. The number of piperazine rings is 1. The number of halogens is 1. The lowest BCUT2D eigenvalue weighted by atomic mass is 10.2. The van der Waals surface area contributed by atoms with Crippen LogP contribution >= 0.6 is 22.9 Å². The average Bonchev–Trinajstić information content (AvgIpc) is 3.02. The monoisotopic (exact) mass is 308 g/mol. The van der Waals surface area contributed by atoms with E-state index in [1.165, 1.54) is 5.69 Å². The Kier molecular flexibility index (Phi) is 4.08. The Balaban J connectivity index is 1.73. The van der Waals surface area contributed by atoms with Crippen molar-refractivity contribution < 1.29 is 0 Å². The fourth-order valence-corrected chi connectivity index (χ4v) is 3.38. The molecule has 0 amide bonds. The van der Waals surface area contributed by atoms with Crippen molar-refractivity contribution in [1.29, 1.82) is 0 Å². The summed E-state index contributed by atoms with van der Waals surface area (Å²) in [4.78, 5) is 13.5. The summed E-state index contributed by atoms with van der Waals surface area (Å²) in [6.45, 7) is 6.00. The molecule has 1 saturated heterocycles. The Morgan fingerprint density at radius 3 is 2.60 bits per heavy atom. The number of thiazole rings is 1. The zero-order chi connectivity index (χ0) is 13.9. The molecule has 0 atom stereocenters. The molecule has 1 aliphatic heterocycles. The Labute approximate surface area is 128 Å². The molecule has 0 unspecified atom stereocenters. The van der Waals surface area contributed by atoms with E-state index in [-0.39, 0.29) is 0 Å². The zero-order valence-electron chi connectivity index (χ0n) is 11.4. The van der Waals surface area contributed by atoms with E-state index >= 15 is 0 Å². The maximum atomic E-state index is 6.03. The van der Waals surface area contributed by atoms with E-state index < -0.39 is 0 Å². The number of aryl methyl sites for hydroxylation is 1. The molecule has 106 valence electrons. The van der Waals surface area contributed by atoms with Gasteiger partial charge in [0.15, 0.2) is 5.13 Å². The van der Waals surface area contributed by atoms with Crippen LogP contribution in [0.4, 0.5) is 10.8 Å². The largest absolute Gasteiger partial charge is 0.368 e. The third kappa shape index (κ3) is 2.74. The first-order chi connectivity index (χ1) is 9.78. The second kappa shape index (κ2) is 5.97. The van der Waals surface area contributed by atoms with Gasteiger partial charge in [0.2, 0.25) is 0 Å². The lowest BCUT2D eigenvalue weighted by Crippen LogP contribution is -2.46. The first-order valence-corrected chi connectivity index (χ1v) is 8.10. The molecule has 0 radical (unpaired) electrons. The average molecular weight is 309 g/mol. The van der Waals surface area contributed by atoms with Gasteiger partial charge in [-0.25, -0.2) is 4.98 Å². The van der Waals surface area contributed by atoms with Crippen LogP contribution in [0.1, 0.15) is 11.3 Å². The van der Waals surface area contributed by atoms with Gasteiger partial charge in [-0.05, 0) is 13.0 Å². The van der Waals surface area contributed by atoms with Crippen LogP contribution in [0.2, 0.25) is 0 Å². The van der Waals surface area contributed by atoms with Gasteiger partial charge >= 0.3 is 0 Å². The lowest BCUT2D eigenvalue weighted by Gasteiger charge is -2.36. The molecule has 20 heavy (non-hydrogen) atoms. The van der Waals surface area contributed by atoms with Gasteiger partial charge in [0.1, 0.15) is 0 Å². The Morgan fingerprint density at radius 1 is 1.20 bits per heavy atom. The van der Waals surface area contributed by atoms with E-state index in [4.69, 9.17) is 11.6 Å². The van der Waals surface area contributed by atoms with Gasteiger partial charge in [0.25, 0.3) is 0 Å². The normalized spacial score (nSPS) is 15.7.